The average Bonchev–Trinajstić information content (AvgIpc) is 3.65. The Morgan fingerprint density at radius 3 is 1.43 bits per heavy atom. The first-order chi connectivity index (χ1) is 28.3. The van der Waals surface area contributed by atoms with Crippen LogP contribution in [0.3, 0.4) is 0 Å². The molecule has 0 spiro atoms. The van der Waals surface area contributed by atoms with Gasteiger partial charge in [0.1, 0.15) is 0 Å². The molecule has 0 atom stereocenters. The van der Waals surface area contributed by atoms with Gasteiger partial charge in [0.15, 0.2) is 5.82 Å². The van der Waals surface area contributed by atoms with Gasteiger partial charge in [0.2, 0.25) is 0 Å². The number of hydrogen-bond donors (Lipinski definition) is 0. The van der Waals surface area contributed by atoms with Crippen molar-refractivity contribution in [1.29, 1.82) is 0 Å². The van der Waals surface area contributed by atoms with E-state index in [0.29, 0.717) is 5.82 Å². The molecule has 2 aliphatic rings. The lowest BCUT2D eigenvalue weighted by Gasteiger charge is -2.22. The minimum absolute atomic E-state index is 0.109. The standard InChI is InChI=1S/C56H42N2/c1-55(2)46-26-14-13-23-44(46)52-42(24-15-27-47(52)55)39-29-40(43-25-16-28-48-53(43)45-32-37-21-11-12-22-38(37)33-49(45)56(48,3)4)31-41(30-39)51-34-50(35-17-7-5-8-18-35)57-54(58-51)36-19-9-6-10-20-36/h5-34H,1-4H3. The minimum atomic E-state index is -0.150. The Labute approximate surface area is 340 Å². The van der Waals surface area contributed by atoms with Crippen molar-refractivity contribution < 1.29 is 0 Å². The molecule has 0 saturated carbocycles. The molecule has 276 valence electrons. The van der Waals surface area contributed by atoms with E-state index in [1.807, 2.05) is 6.07 Å². The molecule has 0 aliphatic heterocycles. The summed E-state index contributed by atoms with van der Waals surface area (Å²) in [4.78, 5) is 10.5. The van der Waals surface area contributed by atoms with Crippen molar-refractivity contribution in [3.05, 3.63) is 204 Å². The Morgan fingerprint density at radius 2 is 0.776 bits per heavy atom. The molecule has 11 rings (SSSR count). The zero-order valence-electron chi connectivity index (χ0n) is 33.2. The van der Waals surface area contributed by atoms with Crippen LogP contribution < -0.4 is 0 Å². The molecule has 0 amide bonds. The molecule has 2 nitrogen and oxygen atoms in total. The summed E-state index contributed by atoms with van der Waals surface area (Å²) >= 11 is 0. The molecule has 0 saturated heterocycles. The number of aromatic nitrogens is 2. The van der Waals surface area contributed by atoms with E-state index in [0.717, 1.165) is 28.1 Å². The number of hydrogen-bond acceptors (Lipinski definition) is 2. The minimum Gasteiger partial charge on any atom is -0.228 e. The number of fused-ring (bicyclic) bond motifs is 7. The van der Waals surface area contributed by atoms with Crippen molar-refractivity contribution in [1.82, 2.24) is 9.97 Å². The molecule has 2 heteroatoms. The lowest BCUT2D eigenvalue weighted by atomic mass is 9.81. The molecule has 2 aliphatic carbocycles. The maximum atomic E-state index is 5.36. The molecule has 58 heavy (non-hydrogen) atoms. The van der Waals surface area contributed by atoms with E-state index in [1.54, 1.807) is 0 Å². The predicted octanol–water partition coefficient (Wildman–Crippen LogP) is 14.6. The van der Waals surface area contributed by atoms with Crippen molar-refractivity contribution in [2.75, 3.05) is 0 Å². The molecule has 8 aromatic carbocycles. The summed E-state index contributed by atoms with van der Waals surface area (Å²) < 4.78 is 0. The maximum Gasteiger partial charge on any atom is 0.160 e. The molecular formula is C56H42N2. The Bertz CT molecular complexity index is 3040. The van der Waals surface area contributed by atoms with E-state index in [1.165, 1.54) is 77.5 Å². The van der Waals surface area contributed by atoms with Gasteiger partial charge in [-0.3, -0.25) is 0 Å². The van der Waals surface area contributed by atoms with Crippen molar-refractivity contribution in [3.8, 4) is 78.4 Å². The van der Waals surface area contributed by atoms with Crippen LogP contribution in [0.1, 0.15) is 49.9 Å². The Kier molecular flexibility index (Phi) is 7.59. The third-order valence-electron chi connectivity index (χ3n) is 12.9. The van der Waals surface area contributed by atoms with Crippen LogP contribution in [-0.4, -0.2) is 9.97 Å². The van der Waals surface area contributed by atoms with Gasteiger partial charge in [0.25, 0.3) is 0 Å². The van der Waals surface area contributed by atoms with Crippen LogP contribution in [0, 0.1) is 0 Å². The fraction of sp³-hybridized carbons (Fsp3) is 0.107. The molecule has 0 N–H and O–H groups in total. The van der Waals surface area contributed by atoms with E-state index in [9.17, 15) is 0 Å². The largest absolute Gasteiger partial charge is 0.228 e. The van der Waals surface area contributed by atoms with Crippen LogP contribution in [0.15, 0.2) is 182 Å². The molecule has 0 radical (unpaired) electrons. The van der Waals surface area contributed by atoms with Gasteiger partial charge >= 0.3 is 0 Å². The molecule has 0 unspecified atom stereocenters. The summed E-state index contributed by atoms with van der Waals surface area (Å²) in [5.74, 6) is 0.711. The van der Waals surface area contributed by atoms with E-state index >= 15 is 0 Å². The van der Waals surface area contributed by atoms with Gasteiger partial charge in [-0.05, 0) is 114 Å². The highest BCUT2D eigenvalue weighted by Crippen LogP contribution is 2.55. The van der Waals surface area contributed by atoms with Gasteiger partial charge in [0, 0.05) is 27.5 Å². The van der Waals surface area contributed by atoms with Gasteiger partial charge in [-0.15, -0.1) is 0 Å². The van der Waals surface area contributed by atoms with Crippen molar-refractivity contribution in [2.45, 2.75) is 38.5 Å². The van der Waals surface area contributed by atoms with E-state index in [4.69, 9.17) is 9.97 Å². The summed E-state index contributed by atoms with van der Waals surface area (Å²) in [6.45, 7) is 9.47. The maximum absolute atomic E-state index is 5.36. The van der Waals surface area contributed by atoms with E-state index in [-0.39, 0.29) is 10.8 Å². The molecule has 1 aromatic heterocycles. The van der Waals surface area contributed by atoms with Crippen LogP contribution in [0.25, 0.3) is 89.2 Å². The number of nitrogens with zero attached hydrogens (tertiary/aromatic N) is 2. The van der Waals surface area contributed by atoms with Crippen LogP contribution in [0.4, 0.5) is 0 Å². The molecule has 0 fully saturated rings. The number of rotatable bonds is 5. The van der Waals surface area contributed by atoms with Gasteiger partial charge in [-0.25, -0.2) is 9.97 Å². The summed E-state index contributed by atoms with van der Waals surface area (Å²) in [6, 6.07) is 66.4. The fourth-order valence-corrected chi connectivity index (χ4v) is 9.86. The SMILES string of the molecule is CC1(C)c2ccccc2-c2c(-c3cc(-c4cc(-c5ccccc5)nc(-c5ccccc5)n4)cc(-c4cccc5c4-c4cc6ccccc6cc4C5(C)C)c3)cccc21. The van der Waals surface area contributed by atoms with Crippen molar-refractivity contribution in [2.24, 2.45) is 0 Å². The van der Waals surface area contributed by atoms with Gasteiger partial charge in [-0.2, -0.15) is 0 Å². The fourth-order valence-electron chi connectivity index (χ4n) is 9.86. The van der Waals surface area contributed by atoms with E-state index < -0.39 is 0 Å². The second-order valence-electron chi connectivity index (χ2n) is 17.0. The second-order valence-corrected chi connectivity index (χ2v) is 17.0. The van der Waals surface area contributed by atoms with Crippen molar-refractivity contribution >= 4 is 10.8 Å². The number of benzene rings is 8. The van der Waals surface area contributed by atoms with Crippen LogP contribution in [0.5, 0.6) is 0 Å². The Balaban J connectivity index is 1.20. The zero-order chi connectivity index (χ0) is 39.2. The van der Waals surface area contributed by atoms with Crippen LogP contribution in [-0.2, 0) is 10.8 Å². The molecule has 1 heterocycles. The normalized spacial score (nSPS) is 14.1. The monoisotopic (exact) mass is 742 g/mol. The van der Waals surface area contributed by atoms with E-state index in [2.05, 4.69) is 204 Å². The predicted molar refractivity (Wildman–Crippen MR) is 242 cm³/mol. The smallest absolute Gasteiger partial charge is 0.160 e. The summed E-state index contributed by atoms with van der Waals surface area (Å²) in [6.07, 6.45) is 0. The van der Waals surface area contributed by atoms with Gasteiger partial charge in [-0.1, -0.05) is 173 Å². The first-order valence-corrected chi connectivity index (χ1v) is 20.3. The first kappa shape index (κ1) is 34.4. The average molecular weight is 743 g/mol. The van der Waals surface area contributed by atoms with Gasteiger partial charge < -0.3 is 0 Å². The molecule has 0 bridgehead atoms. The molecule has 9 aromatic rings. The lowest BCUT2D eigenvalue weighted by Crippen LogP contribution is -2.14. The third-order valence-corrected chi connectivity index (χ3v) is 12.9. The van der Waals surface area contributed by atoms with Crippen LogP contribution >= 0.6 is 0 Å². The third kappa shape index (κ3) is 5.25. The highest BCUT2D eigenvalue weighted by molar-refractivity contribution is 6.00. The van der Waals surface area contributed by atoms with Crippen molar-refractivity contribution in [3.63, 3.8) is 0 Å². The highest BCUT2D eigenvalue weighted by Gasteiger charge is 2.38. The van der Waals surface area contributed by atoms with Crippen LogP contribution in [0.2, 0.25) is 0 Å². The molecular weight excluding hydrogens is 701 g/mol. The topological polar surface area (TPSA) is 25.8 Å². The summed E-state index contributed by atoms with van der Waals surface area (Å²) in [5.41, 5.74) is 20.2. The Hall–Kier alpha value is -6.90. The Morgan fingerprint density at radius 1 is 0.310 bits per heavy atom. The summed E-state index contributed by atoms with van der Waals surface area (Å²) in [5, 5.41) is 2.54. The summed E-state index contributed by atoms with van der Waals surface area (Å²) in [7, 11) is 0. The second kappa shape index (κ2) is 12.8. The zero-order valence-corrected chi connectivity index (χ0v) is 33.2. The first-order valence-electron chi connectivity index (χ1n) is 20.3. The quantitative estimate of drug-likeness (QED) is 0.175. The lowest BCUT2D eigenvalue weighted by molar-refractivity contribution is 0.660. The highest BCUT2D eigenvalue weighted by atomic mass is 14.9. The van der Waals surface area contributed by atoms with Gasteiger partial charge in [0.05, 0.1) is 11.4 Å².